The molecule has 0 aliphatic heterocycles. The standard InChI is InChI=1S/C11H13ClO2/c1-7-4-5-9(6-12)8(2)10(7)11(13)14-3/h4-5H,6H2,1-3H3. The lowest BCUT2D eigenvalue weighted by Crippen LogP contribution is -2.08. The van der Waals surface area contributed by atoms with Gasteiger partial charge in [0.15, 0.2) is 0 Å². The number of alkyl halides is 1. The van der Waals surface area contributed by atoms with Crippen LogP contribution in [0.5, 0.6) is 0 Å². The smallest absolute Gasteiger partial charge is 0.338 e. The molecule has 3 heteroatoms. The van der Waals surface area contributed by atoms with Crippen LogP contribution < -0.4 is 0 Å². The Labute approximate surface area is 88.8 Å². The maximum absolute atomic E-state index is 11.5. The molecular formula is C11H13ClO2. The average molecular weight is 213 g/mol. The molecule has 0 aromatic heterocycles. The summed E-state index contributed by atoms with van der Waals surface area (Å²) in [5.41, 5.74) is 3.43. The molecule has 0 aliphatic carbocycles. The number of benzene rings is 1. The molecule has 1 aromatic carbocycles. The summed E-state index contributed by atoms with van der Waals surface area (Å²) >= 11 is 5.75. The first kappa shape index (κ1) is 11.1. The third-order valence-corrected chi connectivity index (χ3v) is 2.61. The van der Waals surface area contributed by atoms with Gasteiger partial charge in [-0.05, 0) is 30.5 Å². The Morgan fingerprint density at radius 1 is 1.43 bits per heavy atom. The van der Waals surface area contributed by atoms with Crippen LogP contribution in [-0.2, 0) is 10.6 Å². The van der Waals surface area contributed by atoms with Gasteiger partial charge in [-0.1, -0.05) is 12.1 Å². The van der Waals surface area contributed by atoms with Gasteiger partial charge < -0.3 is 4.74 Å². The van der Waals surface area contributed by atoms with E-state index in [0.717, 1.165) is 16.7 Å². The van der Waals surface area contributed by atoms with E-state index in [0.29, 0.717) is 11.4 Å². The number of methoxy groups -OCH3 is 1. The summed E-state index contributed by atoms with van der Waals surface area (Å²) in [6.07, 6.45) is 0. The zero-order valence-corrected chi connectivity index (χ0v) is 9.31. The molecule has 0 spiro atoms. The van der Waals surface area contributed by atoms with E-state index in [9.17, 15) is 4.79 Å². The van der Waals surface area contributed by atoms with Crippen molar-refractivity contribution in [3.05, 3.63) is 34.4 Å². The van der Waals surface area contributed by atoms with Crippen molar-refractivity contribution >= 4 is 17.6 Å². The van der Waals surface area contributed by atoms with Crippen molar-refractivity contribution in [2.45, 2.75) is 19.7 Å². The molecule has 0 fully saturated rings. The fourth-order valence-electron chi connectivity index (χ4n) is 1.45. The summed E-state index contributed by atoms with van der Waals surface area (Å²) in [5, 5.41) is 0. The second kappa shape index (κ2) is 4.47. The monoisotopic (exact) mass is 212 g/mol. The molecule has 1 rings (SSSR count). The molecule has 0 bridgehead atoms. The van der Waals surface area contributed by atoms with Gasteiger partial charge in [0, 0.05) is 5.88 Å². The van der Waals surface area contributed by atoms with Crippen LogP contribution in [0.4, 0.5) is 0 Å². The molecular weight excluding hydrogens is 200 g/mol. The molecule has 0 saturated heterocycles. The Bertz CT molecular complexity index is 359. The number of halogens is 1. The minimum Gasteiger partial charge on any atom is -0.465 e. The second-order valence-corrected chi connectivity index (χ2v) is 3.43. The van der Waals surface area contributed by atoms with Crippen LogP contribution >= 0.6 is 11.6 Å². The first-order valence-electron chi connectivity index (χ1n) is 4.35. The van der Waals surface area contributed by atoms with Crippen molar-refractivity contribution in [3.8, 4) is 0 Å². The normalized spacial score (nSPS) is 10.0. The van der Waals surface area contributed by atoms with Crippen molar-refractivity contribution in [1.82, 2.24) is 0 Å². The van der Waals surface area contributed by atoms with E-state index in [1.807, 2.05) is 26.0 Å². The van der Waals surface area contributed by atoms with Crippen LogP contribution in [0.25, 0.3) is 0 Å². The van der Waals surface area contributed by atoms with Gasteiger partial charge in [-0.15, -0.1) is 11.6 Å². The zero-order valence-electron chi connectivity index (χ0n) is 8.56. The number of hydrogen-bond donors (Lipinski definition) is 0. The quantitative estimate of drug-likeness (QED) is 0.557. The molecule has 76 valence electrons. The van der Waals surface area contributed by atoms with Gasteiger partial charge in [0.05, 0.1) is 12.7 Å². The van der Waals surface area contributed by atoms with Crippen molar-refractivity contribution in [1.29, 1.82) is 0 Å². The van der Waals surface area contributed by atoms with Crippen LogP contribution in [-0.4, -0.2) is 13.1 Å². The molecule has 0 amide bonds. The summed E-state index contributed by atoms with van der Waals surface area (Å²) in [4.78, 5) is 11.5. The number of rotatable bonds is 2. The molecule has 0 atom stereocenters. The SMILES string of the molecule is COC(=O)c1c(C)ccc(CCl)c1C. The van der Waals surface area contributed by atoms with Crippen LogP contribution in [0.3, 0.4) is 0 Å². The lowest BCUT2D eigenvalue weighted by Gasteiger charge is -2.10. The predicted octanol–water partition coefficient (Wildman–Crippen LogP) is 2.83. The Balaban J connectivity index is 3.32. The first-order chi connectivity index (χ1) is 6.61. The van der Waals surface area contributed by atoms with Crippen LogP contribution in [0, 0.1) is 13.8 Å². The molecule has 0 saturated carbocycles. The number of hydrogen-bond acceptors (Lipinski definition) is 2. The van der Waals surface area contributed by atoms with Crippen LogP contribution in [0.2, 0.25) is 0 Å². The molecule has 14 heavy (non-hydrogen) atoms. The van der Waals surface area contributed by atoms with Crippen molar-refractivity contribution in [2.24, 2.45) is 0 Å². The van der Waals surface area contributed by atoms with E-state index in [-0.39, 0.29) is 5.97 Å². The molecule has 0 N–H and O–H groups in total. The Morgan fingerprint density at radius 3 is 2.57 bits per heavy atom. The molecule has 0 unspecified atom stereocenters. The Morgan fingerprint density at radius 2 is 2.07 bits per heavy atom. The van der Waals surface area contributed by atoms with E-state index in [2.05, 4.69) is 0 Å². The first-order valence-corrected chi connectivity index (χ1v) is 4.88. The minimum atomic E-state index is -0.299. The number of carbonyl (C=O) groups is 1. The highest BCUT2D eigenvalue weighted by Crippen LogP contribution is 2.20. The lowest BCUT2D eigenvalue weighted by molar-refractivity contribution is 0.0599. The van der Waals surface area contributed by atoms with Gasteiger partial charge in [0.2, 0.25) is 0 Å². The molecule has 0 aliphatic rings. The van der Waals surface area contributed by atoms with Crippen molar-refractivity contribution in [3.63, 3.8) is 0 Å². The van der Waals surface area contributed by atoms with E-state index < -0.39 is 0 Å². The highest BCUT2D eigenvalue weighted by molar-refractivity contribution is 6.17. The van der Waals surface area contributed by atoms with Gasteiger partial charge in [-0.2, -0.15) is 0 Å². The topological polar surface area (TPSA) is 26.3 Å². The summed E-state index contributed by atoms with van der Waals surface area (Å²) in [6.45, 7) is 3.77. The van der Waals surface area contributed by atoms with E-state index in [4.69, 9.17) is 16.3 Å². The predicted molar refractivity (Wildman–Crippen MR) is 56.8 cm³/mol. The Hall–Kier alpha value is -1.02. The maximum Gasteiger partial charge on any atom is 0.338 e. The average Bonchev–Trinajstić information content (AvgIpc) is 2.18. The molecule has 1 aromatic rings. The summed E-state index contributed by atoms with van der Waals surface area (Å²) < 4.78 is 4.72. The number of aryl methyl sites for hydroxylation is 1. The van der Waals surface area contributed by atoms with Crippen molar-refractivity contribution < 1.29 is 9.53 Å². The fraction of sp³-hybridized carbons (Fsp3) is 0.364. The van der Waals surface area contributed by atoms with Crippen molar-refractivity contribution in [2.75, 3.05) is 7.11 Å². The minimum absolute atomic E-state index is 0.299. The number of carbonyl (C=O) groups excluding carboxylic acids is 1. The maximum atomic E-state index is 11.5. The highest BCUT2D eigenvalue weighted by Gasteiger charge is 2.14. The van der Waals surface area contributed by atoms with Gasteiger partial charge in [0.1, 0.15) is 0 Å². The second-order valence-electron chi connectivity index (χ2n) is 3.17. The highest BCUT2D eigenvalue weighted by atomic mass is 35.5. The summed E-state index contributed by atoms with van der Waals surface area (Å²) in [5.74, 6) is 0.114. The molecule has 0 heterocycles. The summed E-state index contributed by atoms with van der Waals surface area (Å²) in [7, 11) is 1.38. The zero-order chi connectivity index (χ0) is 10.7. The van der Waals surface area contributed by atoms with Gasteiger partial charge in [-0.25, -0.2) is 4.79 Å². The Kier molecular flexibility index (Phi) is 3.53. The molecule has 0 radical (unpaired) electrons. The van der Waals surface area contributed by atoms with Gasteiger partial charge in [0.25, 0.3) is 0 Å². The van der Waals surface area contributed by atoms with E-state index >= 15 is 0 Å². The number of esters is 1. The largest absolute Gasteiger partial charge is 0.465 e. The van der Waals surface area contributed by atoms with Crippen LogP contribution in [0.15, 0.2) is 12.1 Å². The van der Waals surface area contributed by atoms with Crippen LogP contribution in [0.1, 0.15) is 27.0 Å². The molecule has 2 nitrogen and oxygen atoms in total. The third kappa shape index (κ3) is 1.90. The summed E-state index contributed by atoms with van der Waals surface area (Å²) in [6, 6.07) is 3.82. The van der Waals surface area contributed by atoms with Gasteiger partial charge in [-0.3, -0.25) is 0 Å². The third-order valence-electron chi connectivity index (χ3n) is 2.32. The van der Waals surface area contributed by atoms with Gasteiger partial charge >= 0.3 is 5.97 Å². The fourth-order valence-corrected chi connectivity index (χ4v) is 1.74. The van der Waals surface area contributed by atoms with E-state index in [1.165, 1.54) is 7.11 Å². The lowest BCUT2D eigenvalue weighted by atomic mass is 9.98. The van der Waals surface area contributed by atoms with E-state index in [1.54, 1.807) is 0 Å². The number of ether oxygens (including phenoxy) is 1.